The number of aromatic nitrogens is 2. The predicted octanol–water partition coefficient (Wildman–Crippen LogP) is 3.12. The Kier molecular flexibility index (Phi) is 3.40. The fourth-order valence-corrected chi connectivity index (χ4v) is 2.36. The van der Waals surface area contributed by atoms with Crippen LogP contribution in [0.5, 0.6) is 0 Å². The van der Waals surface area contributed by atoms with Crippen molar-refractivity contribution in [2.75, 3.05) is 0 Å². The van der Waals surface area contributed by atoms with Gasteiger partial charge in [-0.2, -0.15) is 5.26 Å². The second-order valence-electron chi connectivity index (χ2n) is 3.71. The van der Waals surface area contributed by atoms with Gasteiger partial charge in [0.25, 0.3) is 0 Å². The van der Waals surface area contributed by atoms with E-state index in [-0.39, 0.29) is 0 Å². The van der Waals surface area contributed by atoms with E-state index in [4.69, 9.17) is 5.26 Å². The Morgan fingerprint density at radius 2 is 2.00 bits per heavy atom. The van der Waals surface area contributed by atoms with E-state index in [2.05, 4.69) is 16.0 Å². The first kappa shape index (κ1) is 11.6. The van der Waals surface area contributed by atoms with Gasteiger partial charge in [0, 0.05) is 10.6 Å². The highest BCUT2D eigenvalue weighted by atomic mass is 32.2. The Hall–Kier alpha value is -1.86. The van der Waals surface area contributed by atoms with Gasteiger partial charge in [-0.05, 0) is 43.8 Å². The molecule has 1 aromatic heterocycles. The topological polar surface area (TPSA) is 49.6 Å². The van der Waals surface area contributed by atoms with Crippen LogP contribution in [0.2, 0.25) is 0 Å². The van der Waals surface area contributed by atoms with Gasteiger partial charge in [-0.25, -0.2) is 9.97 Å². The largest absolute Gasteiger partial charge is 0.228 e. The number of benzene rings is 1. The lowest BCUT2D eigenvalue weighted by molar-refractivity contribution is 0.919. The van der Waals surface area contributed by atoms with Crippen molar-refractivity contribution in [3.8, 4) is 6.07 Å². The Balaban J connectivity index is 2.30. The highest BCUT2D eigenvalue weighted by molar-refractivity contribution is 7.99. The average molecular weight is 241 g/mol. The Bertz CT molecular complexity index is 587. The fourth-order valence-electron chi connectivity index (χ4n) is 1.43. The molecule has 17 heavy (non-hydrogen) atoms. The van der Waals surface area contributed by atoms with Gasteiger partial charge in [-0.3, -0.25) is 0 Å². The van der Waals surface area contributed by atoms with Crippen LogP contribution in [-0.2, 0) is 0 Å². The molecule has 0 aliphatic rings. The van der Waals surface area contributed by atoms with Crippen LogP contribution in [-0.4, -0.2) is 9.97 Å². The van der Waals surface area contributed by atoms with Crippen LogP contribution in [0.4, 0.5) is 0 Å². The van der Waals surface area contributed by atoms with Crippen LogP contribution in [0.3, 0.4) is 0 Å². The van der Waals surface area contributed by atoms with Crippen LogP contribution in [0.1, 0.15) is 17.0 Å². The molecule has 0 aliphatic carbocycles. The van der Waals surface area contributed by atoms with Crippen molar-refractivity contribution < 1.29 is 0 Å². The molecule has 1 heterocycles. The lowest BCUT2D eigenvalue weighted by atomic mass is 10.2. The predicted molar refractivity (Wildman–Crippen MR) is 66.8 cm³/mol. The molecule has 0 saturated heterocycles. The smallest absolute Gasteiger partial charge is 0.193 e. The van der Waals surface area contributed by atoms with Crippen LogP contribution in [0, 0.1) is 25.2 Å². The zero-order valence-electron chi connectivity index (χ0n) is 9.64. The number of nitrogens with zero attached hydrogens (tertiary/aromatic N) is 3. The van der Waals surface area contributed by atoms with E-state index < -0.39 is 0 Å². The summed E-state index contributed by atoms with van der Waals surface area (Å²) in [5.41, 5.74) is 2.42. The lowest BCUT2D eigenvalue weighted by Crippen LogP contribution is -1.93. The summed E-state index contributed by atoms with van der Waals surface area (Å²) in [6.07, 6.45) is 0. The third-order valence-corrected chi connectivity index (χ3v) is 3.00. The second-order valence-corrected chi connectivity index (χ2v) is 4.75. The summed E-state index contributed by atoms with van der Waals surface area (Å²) >= 11 is 1.47. The molecule has 2 rings (SSSR count). The summed E-state index contributed by atoms with van der Waals surface area (Å²) in [6, 6.07) is 11.8. The molecule has 4 heteroatoms. The molecule has 3 nitrogen and oxygen atoms in total. The van der Waals surface area contributed by atoms with E-state index in [1.54, 1.807) is 6.07 Å². The summed E-state index contributed by atoms with van der Waals surface area (Å²) < 4.78 is 0. The molecular weight excluding hydrogens is 230 g/mol. The Morgan fingerprint density at radius 3 is 2.71 bits per heavy atom. The van der Waals surface area contributed by atoms with Crippen molar-refractivity contribution in [2.45, 2.75) is 23.9 Å². The molecule has 0 amide bonds. The highest BCUT2D eigenvalue weighted by Crippen LogP contribution is 2.25. The molecular formula is C13H11N3S. The molecule has 84 valence electrons. The van der Waals surface area contributed by atoms with Crippen LogP contribution in [0.25, 0.3) is 0 Å². The number of aryl methyl sites for hydroxylation is 2. The average Bonchev–Trinajstić information content (AvgIpc) is 2.28. The molecule has 0 radical (unpaired) electrons. The van der Waals surface area contributed by atoms with Crippen LogP contribution in [0.15, 0.2) is 40.4 Å². The van der Waals surface area contributed by atoms with Crippen molar-refractivity contribution in [3.63, 3.8) is 0 Å². The minimum absolute atomic E-state index is 0.410. The molecule has 2 aromatic rings. The third kappa shape index (κ3) is 3.05. The van der Waals surface area contributed by atoms with Gasteiger partial charge in [0.05, 0.1) is 0 Å². The first-order chi connectivity index (χ1) is 8.17. The maximum absolute atomic E-state index is 8.85. The molecule has 0 aliphatic heterocycles. The van der Waals surface area contributed by atoms with Gasteiger partial charge in [0.2, 0.25) is 0 Å². The Morgan fingerprint density at radius 1 is 1.18 bits per heavy atom. The third-order valence-electron chi connectivity index (χ3n) is 2.15. The van der Waals surface area contributed by atoms with E-state index in [9.17, 15) is 0 Å². The fraction of sp³-hybridized carbons (Fsp3) is 0.154. The lowest BCUT2D eigenvalue weighted by Gasteiger charge is -2.02. The monoisotopic (exact) mass is 241 g/mol. The molecule has 0 atom stereocenters. The van der Waals surface area contributed by atoms with Crippen LogP contribution >= 0.6 is 11.8 Å². The second kappa shape index (κ2) is 4.98. The van der Waals surface area contributed by atoms with Crippen molar-refractivity contribution in [1.82, 2.24) is 9.97 Å². The maximum Gasteiger partial charge on any atom is 0.193 e. The van der Waals surface area contributed by atoms with E-state index in [0.29, 0.717) is 10.9 Å². The van der Waals surface area contributed by atoms with Crippen LogP contribution < -0.4 is 0 Å². The summed E-state index contributed by atoms with van der Waals surface area (Å²) in [6.45, 7) is 3.91. The minimum Gasteiger partial charge on any atom is -0.228 e. The van der Waals surface area contributed by atoms with E-state index >= 15 is 0 Å². The summed E-state index contributed by atoms with van der Waals surface area (Å²) in [7, 11) is 0. The number of nitriles is 1. The van der Waals surface area contributed by atoms with Crippen molar-refractivity contribution in [3.05, 3.63) is 47.3 Å². The molecule has 0 fully saturated rings. The SMILES string of the molecule is Cc1cccc(Sc2nc(C)cc(C#N)n2)c1. The quantitative estimate of drug-likeness (QED) is 0.758. The van der Waals surface area contributed by atoms with Gasteiger partial charge in [-0.15, -0.1) is 0 Å². The van der Waals surface area contributed by atoms with E-state index in [1.165, 1.54) is 17.3 Å². The van der Waals surface area contributed by atoms with Gasteiger partial charge in [0.1, 0.15) is 11.8 Å². The number of hydrogen-bond donors (Lipinski definition) is 0. The van der Waals surface area contributed by atoms with E-state index in [1.807, 2.05) is 38.1 Å². The summed E-state index contributed by atoms with van der Waals surface area (Å²) in [5.74, 6) is 0. The standard InChI is InChI=1S/C13H11N3S/c1-9-4-3-5-12(6-9)17-13-15-10(2)7-11(8-14)16-13/h3-7H,1-2H3. The first-order valence-electron chi connectivity index (χ1n) is 5.17. The van der Waals surface area contributed by atoms with Gasteiger partial charge < -0.3 is 0 Å². The summed E-state index contributed by atoms with van der Waals surface area (Å²) in [5, 5.41) is 9.46. The normalized spacial score (nSPS) is 9.94. The Labute approximate surface area is 105 Å². The molecule has 1 aromatic carbocycles. The van der Waals surface area contributed by atoms with Crippen molar-refractivity contribution in [1.29, 1.82) is 5.26 Å². The molecule has 0 unspecified atom stereocenters. The molecule has 0 saturated carbocycles. The zero-order valence-corrected chi connectivity index (χ0v) is 10.5. The molecule has 0 bridgehead atoms. The van der Waals surface area contributed by atoms with Crippen molar-refractivity contribution in [2.24, 2.45) is 0 Å². The maximum atomic E-state index is 8.85. The number of rotatable bonds is 2. The van der Waals surface area contributed by atoms with Gasteiger partial charge in [0.15, 0.2) is 5.16 Å². The number of hydrogen-bond acceptors (Lipinski definition) is 4. The zero-order chi connectivity index (χ0) is 12.3. The first-order valence-corrected chi connectivity index (χ1v) is 5.99. The molecule has 0 spiro atoms. The van der Waals surface area contributed by atoms with Gasteiger partial charge >= 0.3 is 0 Å². The van der Waals surface area contributed by atoms with Crippen molar-refractivity contribution >= 4 is 11.8 Å². The summed E-state index contributed by atoms with van der Waals surface area (Å²) in [4.78, 5) is 9.56. The van der Waals surface area contributed by atoms with E-state index in [0.717, 1.165) is 10.6 Å². The highest BCUT2D eigenvalue weighted by Gasteiger charge is 2.04. The minimum atomic E-state index is 0.410. The van der Waals surface area contributed by atoms with Gasteiger partial charge in [-0.1, -0.05) is 17.7 Å². The molecule has 0 N–H and O–H groups in total.